The van der Waals surface area contributed by atoms with E-state index in [1.807, 2.05) is 18.2 Å². The largest absolute Gasteiger partial charge is 0.374 e. The summed E-state index contributed by atoms with van der Waals surface area (Å²) < 4.78 is 0. The lowest BCUT2D eigenvalue weighted by Gasteiger charge is -1.94. The second-order valence-electron chi connectivity index (χ2n) is 2.70. The minimum atomic E-state index is 0. The van der Waals surface area contributed by atoms with Crippen LogP contribution in [-0.2, 0) is 6.42 Å². The van der Waals surface area contributed by atoms with Crippen molar-refractivity contribution in [1.82, 2.24) is 10.2 Å². The number of benzene rings is 1. The highest BCUT2D eigenvalue weighted by Gasteiger charge is 2.01. The maximum Gasteiger partial charge on any atom is 0.203 e. The summed E-state index contributed by atoms with van der Waals surface area (Å²) in [4.78, 5) is 0. The van der Waals surface area contributed by atoms with E-state index in [2.05, 4.69) is 22.3 Å². The fraction of sp³-hybridized carbons (Fsp3) is 0.111. The van der Waals surface area contributed by atoms with Crippen LogP contribution in [0.4, 0.5) is 5.13 Å². The van der Waals surface area contributed by atoms with Crippen LogP contribution in [0.1, 0.15) is 10.6 Å². The van der Waals surface area contributed by atoms with Crippen LogP contribution in [0.5, 0.6) is 0 Å². The topological polar surface area (TPSA) is 51.8 Å². The van der Waals surface area contributed by atoms with Gasteiger partial charge in [-0.1, -0.05) is 41.7 Å². The van der Waals surface area contributed by atoms with Gasteiger partial charge < -0.3 is 5.73 Å². The van der Waals surface area contributed by atoms with E-state index in [-0.39, 0.29) is 13.5 Å². The molecule has 14 heavy (non-hydrogen) atoms. The molecule has 2 N–H and O–H groups in total. The first-order valence-corrected chi connectivity index (χ1v) is 4.78. The number of anilines is 1. The Bertz CT molecular complexity index is 386. The second-order valence-corrected chi connectivity index (χ2v) is 3.79. The summed E-state index contributed by atoms with van der Waals surface area (Å²) in [5.74, 6) is 0. The van der Waals surface area contributed by atoms with Crippen LogP contribution in [0.2, 0.25) is 0 Å². The first-order chi connectivity index (χ1) is 6.34. The number of nitrogens with two attached hydrogens (primary N) is 1. The van der Waals surface area contributed by atoms with Gasteiger partial charge in [-0.15, -0.1) is 10.2 Å². The molecule has 0 aliphatic carbocycles. The molecule has 0 saturated carbocycles. The Morgan fingerprint density at radius 3 is 2.43 bits per heavy atom. The third-order valence-corrected chi connectivity index (χ3v) is 2.43. The van der Waals surface area contributed by atoms with Crippen molar-refractivity contribution in [2.24, 2.45) is 0 Å². The molecular weight excluding hydrogens is 214 g/mol. The van der Waals surface area contributed by atoms with Crippen LogP contribution in [0.15, 0.2) is 30.3 Å². The third-order valence-electron chi connectivity index (χ3n) is 1.68. The molecule has 0 aliphatic rings. The molecule has 1 aromatic carbocycles. The Morgan fingerprint density at radius 1 is 1.14 bits per heavy atom. The quantitative estimate of drug-likeness (QED) is 0.848. The third kappa shape index (κ3) is 2.71. The average Bonchev–Trinajstić information content (AvgIpc) is 2.53. The SMILES string of the molecule is Nc1nnc(Cc2ccccc2)s1.S. The van der Waals surface area contributed by atoms with Gasteiger partial charge in [0.15, 0.2) is 0 Å². The van der Waals surface area contributed by atoms with Crippen LogP contribution in [-0.4, -0.2) is 10.2 Å². The smallest absolute Gasteiger partial charge is 0.203 e. The molecular formula is C9H11N3S2. The fourth-order valence-corrected chi connectivity index (χ4v) is 1.75. The Hall–Kier alpha value is -1.07. The molecule has 2 rings (SSSR count). The molecule has 0 saturated heterocycles. The van der Waals surface area contributed by atoms with Crippen molar-refractivity contribution in [2.45, 2.75) is 6.42 Å². The molecule has 0 bridgehead atoms. The summed E-state index contributed by atoms with van der Waals surface area (Å²) in [5, 5.41) is 9.21. The molecule has 0 aliphatic heterocycles. The highest BCUT2D eigenvalue weighted by molar-refractivity contribution is 7.59. The first kappa shape index (κ1) is 11.0. The van der Waals surface area contributed by atoms with Crippen LogP contribution in [0.25, 0.3) is 0 Å². The predicted octanol–water partition coefficient (Wildman–Crippen LogP) is 1.82. The van der Waals surface area contributed by atoms with E-state index in [0.717, 1.165) is 11.4 Å². The molecule has 0 spiro atoms. The Labute approximate surface area is 93.4 Å². The van der Waals surface area contributed by atoms with Crippen LogP contribution >= 0.6 is 24.8 Å². The molecule has 1 aromatic heterocycles. The van der Waals surface area contributed by atoms with Crippen LogP contribution in [0.3, 0.4) is 0 Å². The molecule has 0 atom stereocenters. The molecule has 0 amide bonds. The number of rotatable bonds is 2. The summed E-state index contributed by atoms with van der Waals surface area (Å²) in [6.07, 6.45) is 0.815. The molecule has 74 valence electrons. The maximum atomic E-state index is 5.48. The van der Waals surface area contributed by atoms with Gasteiger partial charge in [0.05, 0.1) is 0 Å². The van der Waals surface area contributed by atoms with Crippen LogP contribution < -0.4 is 5.73 Å². The number of nitrogens with zero attached hydrogens (tertiary/aromatic N) is 2. The average molecular weight is 225 g/mol. The van der Waals surface area contributed by atoms with Gasteiger partial charge in [-0.05, 0) is 5.56 Å². The Morgan fingerprint density at radius 2 is 1.86 bits per heavy atom. The van der Waals surface area contributed by atoms with E-state index < -0.39 is 0 Å². The minimum Gasteiger partial charge on any atom is -0.374 e. The van der Waals surface area contributed by atoms with Crippen molar-refractivity contribution in [3.63, 3.8) is 0 Å². The van der Waals surface area contributed by atoms with E-state index in [1.54, 1.807) is 0 Å². The molecule has 3 nitrogen and oxygen atoms in total. The highest BCUT2D eigenvalue weighted by Crippen LogP contribution is 2.15. The van der Waals surface area contributed by atoms with E-state index in [4.69, 9.17) is 5.73 Å². The summed E-state index contributed by atoms with van der Waals surface area (Å²) in [5.41, 5.74) is 6.71. The summed E-state index contributed by atoms with van der Waals surface area (Å²) in [7, 11) is 0. The molecule has 5 heteroatoms. The normalized spacial score (nSPS) is 9.43. The van der Waals surface area contributed by atoms with E-state index in [9.17, 15) is 0 Å². The molecule has 2 aromatic rings. The summed E-state index contributed by atoms with van der Waals surface area (Å²) in [6, 6.07) is 10.2. The lowest BCUT2D eigenvalue weighted by Crippen LogP contribution is -1.85. The van der Waals surface area contributed by atoms with Gasteiger partial charge in [0.25, 0.3) is 0 Å². The summed E-state index contributed by atoms with van der Waals surface area (Å²) >= 11 is 1.44. The van der Waals surface area contributed by atoms with Gasteiger partial charge in [-0.2, -0.15) is 13.5 Å². The van der Waals surface area contributed by atoms with Crippen molar-refractivity contribution < 1.29 is 0 Å². The first-order valence-electron chi connectivity index (χ1n) is 3.96. The lowest BCUT2D eigenvalue weighted by atomic mass is 10.2. The van der Waals surface area contributed by atoms with Gasteiger partial charge in [-0.25, -0.2) is 0 Å². The van der Waals surface area contributed by atoms with Gasteiger partial charge in [0, 0.05) is 6.42 Å². The molecule has 0 unspecified atom stereocenters. The van der Waals surface area contributed by atoms with Gasteiger partial charge >= 0.3 is 0 Å². The fourth-order valence-electron chi connectivity index (χ4n) is 1.11. The number of nitrogen functional groups attached to an aromatic ring is 1. The van der Waals surface area contributed by atoms with Gasteiger partial charge in [-0.3, -0.25) is 0 Å². The monoisotopic (exact) mass is 225 g/mol. The van der Waals surface area contributed by atoms with Crippen molar-refractivity contribution in [3.05, 3.63) is 40.9 Å². The zero-order valence-electron chi connectivity index (χ0n) is 7.47. The predicted molar refractivity (Wildman–Crippen MR) is 64.0 cm³/mol. The number of aromatic nitrogens is 2. The van der Waals surface area contributed by atoms with Crippen molar-refractivity contribution in [1.29, 1.82) is 0 Å². The van der Waals surface area contributed by atoms with Crippen molar-refractivity contribution >= 4 is 30.0 Å². The van der Waals surface area contributed by atoms with E-state index in [0.29, 0.717) is 5.13 Å². The standard InChI is InChI=1S/C9H9N3S.H2S/c10-9-12-11-8(13-9)6-7-4-2-1-3-5-7;/h1-5H,6H2,(H2,10,12);1H2. The Kier molecular flexibility index (Phi) is 3.91. The number of hydrogen-bond acceptors (Lipinski definition) is 4. The van der Waals surface area contributed by atoms with Crippen molar-refractivity contribution in [2.75, 3.05) is 5.73 Å². The van der Waals surface area contributed by atoms with E-state index >= 15 is 0 Å². The zero-order valence-corrected chi connectivity index (χ0v) is 9.29. The zero-order chi connectivity index (χ0) is 9.10. The second kappa shape index (κ2) is 4.97. The highest BCUT2D eigenvalue weighted by atomic mass is 32.1. The molecule has 1 heterocycles. The lowest BCUT2D eigenvalue weighted by molar-refractivity contribution is 1.01. The molecule has 0 fully saturated rings. The van der Waals surface area contributed by atoms with Crippen LogP contribution in [0, 0.1) is 0 Å². The number of hydrogen-bond donors (Lipinski definition) is 1. The minimum absolute atomic E-state index is 0. The maximum absolute atomic E-state index is 5.48. The van der Waals surface area contributed by atoms with E-state index in [1.165, 1.54) is 16.9 Å². The Balaban J connectivity index is 0.000000980. The van der Waals surface area contributed by atoms with Gasteiger partial charge in [0.2, 0.25) is 5.13 Å². The molecule has 0 radical (unpaired) electrons. The van der Waals surface area contributed by atoms with Gasteiger partial charge in [0.1, 0.15) is 5.01 Å². The summed E-state index contributed by atoms with van der Waals surface area (Å²) in [6.45, 7) is 0. The van der Waals surface area contributed by atoms with Crippen molar-refractivity contribution in [3.8, 4) is 0 Å².